The van der Waals surface area contributed by atoms with Gasteiger partial charge < -0.3 is 15.3 Å². The molecule has 0 rings (SSSR count). The molecule has 5 heteroatoms. The molecule has 3 atom stereocenters. The van der Waals surface area contributed by atoms with Crippen LogP contribution in [0.15, 0.2) is 0 Å². The largest absolute Gasteiger partial charge is 0.395 e. The Bertz CT molecular complexity index is 83.0. The molecule has 0 aromatic heterocycles. The fourth-order valence-electron chi connectivity index (χ4n) is 0.440. The third kappa shape index (κ3) is 3.09. The fraction of sp³-hybridized carbons (Fsp3) is 1.00. The summed E-state index contributed by atoms with van der Waals surface area (Å²) in [5.41, 5.74) is 0. The molecule has 0 aromatic rings. The molecule has 0 spiro atoms. The Balaban J connectivity index is 3.69. The van der Waals surface area contributed by atoms with Crippen molar-refractivity contribution in [1.82, 2.24) is 0 Å². The zero-order chi connectivity index (χ0) is 8.15. The first-order chi connectivity index (χ1) is 4.63. The molecule has 3 N–H and O–H groups in total. The molecule has 62 valence electrons. The maximum absolute atomic E-state index is 11.6. The van der Waals surface area contributed by atoms with Gasteiger partial charge in [-0.15, -0.1) is 0 Å². The van der Waals surface area contributed by atoms with E-state index in [-0.39, 0.29) is 6.61 Å². The summed E-state index contributed by atoms with van der Waals surface area (Å²) in [7, 11) is 0. The first-order valence-corrected chi connectivity index (χ1v) is 4.05. The van der Waals surface area contributed by atoms with Gasteiger partial charge in [0.1, 0.15) is 12.8 Å². The molecule has 0 aliphatic carbocycles. The molecule has 0 bridgehead atoms. The Morgan fingerprint density at radius 3 is 2.20 bits per heavy atom. The first kappa shape index (κ1) is 10.5. The van der Waals surface area contributed by atoms with Crippen molar-refractivity contribution in [2.75, 3.05) is 13.3 Å². The minimum absolute atomic E-state index is 0.265. The van der Waals surface area contributed by atoms with Crippen LogP contribution in [0, 0.1) is 0 Å². The van der Waals surface area contributed by atoms with Gasteiger partial charge in [0, 0.05) is 0 Å². The number of hydrogen-bond acceptors (Lipinski definition) is 3. The lowest BCUT2D eigenvalue weighted by Gasteiger charge is -2.18. The van der Waals surface area contributed by atoms with Crippen molar-refractivity contribution in [1.29, 1.82) is 0 Å². The second-order valence-electron chi connectivity index (χ2n) is 1.91. The van der Waals surface area contributed by atoms with Gasteiger partial charge >= 0.3 is 0 Å². The number of halogens is 2. The van der Waals surface area contributed by atoms with Crippen molar-refractivity contribution in [3.05, 3.63) is 0 Å². The van der Waals surface area contributed by atoms with Gasteiger partial charge in [-0.25, -0.2) is 4.39 Å². The SMILES string of the molecule is OC[C@@H](I)[C@H](O)[C@H](O)CF. The molecular formula is C5H10FIO3. The highest BCUT2D eigenvalue weighted by molar-refractivity contribution is 14.1. The normalized spacial score (nSPS) is 20.1. The van der Waals surface area contributed by atoms with Gasteiger partial charge in [-0.3, -0.25) is 0 Å². The molecule has 0 amide bonds. The first-order valence-electron chi connectivity index (χ1n) is 2.80. The van der Waals surface area contributed by atoms with Gasteiger partial charge in [-0.05, 0) is 0 Å². The van der Waals surface area contributed by atoms with Gasteiger partial charge in [-0.1, -0.05) is 22.6 Å². The predicted molar refractivity (Wildman–Crippen MR) is 42.9 cm³/mol. The van der Waals surface area contributed by atoms with Gasteiger partial charge in [-0.2, -0.15) is 0 Å². The summed E-state index contributed by atoms with van der Waals surface area (Å²) in [6.07, 6.45) is -2.57. The van der Waals surface area contributed by atoms with Gasteiger partial charge in [0.2, 0.25) is 0 Å². The zero-order valence-corrected chi connectivity index (χ0v) is 7.40. The lowest BCUT2D eigenvalue weighted by atomic mass is 10.2. The molecule has 0 aliphatic heterocycles. The summed E-state index contributed by atoms with van der Waals surface area (Å²) in [6, 6.07) is 0. The molecular weight excluding hydrogens is 254 g/mol. The summed E-state index contributed by atoms with van der Waals surface area (Å²) in [5.74, 6) is 0. The molecule has 10 heavy (non-hydrogen) atoms. The van der Waals surface area contributed by atoms with E-state index in [1.165, 1.54) is 0 Å². The maximum atomic E-state index is 11.6. The maximum Gasteiger partial charge on any atom is 0.118 e. The van der Waals surface area contributed by atoms with E-state index in [1.807, 2.05) is 0 Å². The Morgan fingerprint density at radius 2 is 1.90 bits per heavy atom. The van der Waals surface area contributed by atoms with Gasteiger partial charge in [0.25, 0.3) is 0 Å². The lowest BCUT2D eigenvalue weighted by Crippen LogP contribution is -2.37. The van der Waals surface area contributed by atoms with E-state index in [0.717, 1.165) is 0 Å². The number of rotatable bonds is 4. The average molecular weight is 264 g/mol. The number of alkyl halides is 2. The quantitative estimate of drug-likeness (QED) is 0.472. The predicted octanol–water partition coefficient (Wildman–Crippen LogP) is -0.526. The van der Waals surface area contributed by atoms with Crippen LogP contribution in [-0.4, -0.2) is 44.7 Å². The van der Waals surface area contributed by atoms with Crippen molar-refractivity contribution < 1.29 is 19.7 Å². The van der Waals surface area contributed by atoms with E-state index in [1.54, 1.807) is 22.6 Å². The van der Waals surface area contributed by atoms with Crippen LogP contribution >= 0.6 is 22.6 Å². The van der Waals surface area contributed by atoms with E-state index in [4.69, 9.17) is 15.3 Å². The molecule has 0 saturated heterocycles. The van der Waals surface area contributed by atoms with Gasteiger partial charge in [0.15, 0.2) is 0 Å². The summed E-state index contributed by atoms with van der Waals surface area (Å²) in [5, 5.41) is 26.1. The highest BCUT2D eigenvalue weighted by Gasteiger charge is 2.22. The standard InChI is InChI=1S/C5H10FIO3/c6-1-4(9)5(10)3(7)2-8/h3-5,8-10H,1-2H2/t3-,4-,5+/m1/s1. The summed E-state index contributed by atoms with van der Waals surface area (Å²) >= 11 is 1.74. The molecule has 0 heterocycles. The van der Waals surface area contributed by atoms with Crippen LogP contribution in [0.5, 0.6) is 0 Å². The number of aliphatic hydroxyl groups excluding tert-OH is 3. The molecule has 0 fully saturated rings. The molecule has 0 unspecified atom stereocenters. The Labute approximate surface area is 72.0 Å². The van der Waals surface area contributed by atoms with Crippen LogP contribution in [0.2, 0.25) is 0 Å². The summed E-state index contributed by atoms with van der Waals surface area (Å²) < 4.78 is 11.1. The molecule has 0 aliphatic rings. The third-order valence-corrected chi connectivity index (χ3v) is 2.23. The van der Waals surface area contributed by atoms with E-state index >= 15 is 0 Å². The lowest BCUT2D eigenvalue weighted by molar-refractivity contribution is 0.0000232. The molecule has 3 nitrogen and oxygen atoms in total. The molecule has 0 aromatic carbocycles. The number of aliphatic hydroxyl groups is 3. The van der Waals surface area contributed by atoms with Crippen LogP contribution in [0.25, 0.3) is 0 Å². The second-order valence-corrected chi connectivity index (χ2v) is 3.51. The van der Waals surface area contributed by atoms with Crippen molar-refractivity contribution in [2.24, 2.45) is 0 Å². The second kappa shape index (κ2) is 5.22. The van der Waals surface area contributed by atoms with E-state index in [9.17, 15) is 4.39 Å². The summed E-state index contributed by atoms with van der Waals surface area (Å²) in [4.78, 5) is 0. The van der Waals surface area contributed by atoms with Crippen molar-refractivity contribution in [3.8, 4) is 0 Å². The highest BCUT2D eigenvalue weighted by atomic mass is 127. The van der Waals surface area contributed by atoms with E-state index in [0.29, 0.717) is 0 Å². The van der Waals surface area contributed by atoms with Crippen molar-refractivity contribution in [3.63, 3.8) is 0 Å². The topological polar surface area (TPSA) is 60.7 Å². The van der Waals surface area contributed by atoms with Crippen molar-refractivity contribution in [2.45, 2.75) is 16.1 Å². The monoisotopic (exact) mass is 264 g/mol. The van der Waals surface area contributed by atoms with Crippen LogP contribution < -0.4 is 0 Å². The zero-order valence-electron chi connectivity index (χ0n) is 5.24. The Hall–Kier alpha value is 0.540. The van der Waals surface area contributed by atoms with Crippen molar-refractivity contribution >= 4 is 22.6 Å². The smallest absolute Gasteiger partial charge is 0.118 e. The minimum atomic E-state index is -1.38. The van der Waals surface area contributed by atoms with E-state index < -0.39 is 22.8 Å². The van der Waals surface area contributed by atoms with Crippen LogP contribution in [0.4, 0.5) is 4.39 Å². The minimum Gasteiger partial charge on any atom is -0.395 e. The fourth-order valence-corrected chi connectivity index (χ4v) is 0.920. The van der Waals surface area contributed by atoms with E-state index in [2.05, 4.69) is 0 Å². The Kier molecular flexibility index (Phi) is 5.51. The third-order valence-electron chi connectivity index (χ3n) is 1.10. The van der Waals surface area contributed by atoms with Crippen LogP contribution in [0.1, 0.15) is 0 Å². The van der Waals surface area contributed by atoms with Gasteiger partial charge in [0.05, 0.1) is 16.6 Å². The summed E-state index contributed by atoms with van der Waals surface area (Å²) in [6.45, 7) is -1.25. The highest BCUT2D eigenvalue weighted by Crippen LogP contribution is 2.09. The molecule has 0 saturated carbocycles. The average Bonchev–Trinajstić information content (AvgIpc) is 2.00. The van der Waals surface area contributed by atoms with Crippen LogP contribution in [-0.2, 0) is 0 Å². The van der Waals surface area contributed by atoms with Crippen LogP contribution in [0.3, 0.4) is 0 Å². The molecule has 0 radical (unpaired) electrons. The Morgan fingerprint density at radius 1 is 1.40 bits per heavy atom. The number of hydrogen-bond donors (Lipinski definition) is 3.